The first kappa shape index (κ1) is 13.8. The maximum Gasteiger partial charge on any atom is 0.405 e. The Kier molecular flexibility index (Phi) is 2.75. The molecule has 1 aromatic heterocycles. The highest BCUT2D eigenvalue weighted by molar-refractivity contribution is 5.94. The number of nitrogens with one attached hydrogen (secondary N) is 2. The fourth-order valence-corrected chi connectivity index (χ4v) is 3.75. The molecule has 0 aliphatic heterocycles. The number of carboxylic acid groups (broad SMARTS) is 1. The Balaban J connectivity index is 1.40. The molecule has 7 nitrogen and oxygen atoms in total. The van der Waals surface area contributed by atoms with Gasteiger partial charge in [-0.15, -0.1) is 0 Å². The molecular formula is C16H16N4O3. The van der Waals surface area contributed by atoms with E-state index in [1.807, 2.05) is 30.3 Å². The number of para-hydroxylation sites is 1. The number of hydrogen-bond donors (Lipinski definition) is 3. The molecule has 0 unspecified atom stereocenters. The molecule has 3 aliphatic rings. The average molecular weight is 312 g/mol. The summed E-state index contributed by atoms with van der Waals surface area (Å²) in [4.78, 5) is 23.1. The molecule has 0 saturated heterocycles. The van der Waals surface area contributed by atoms with Crippen molar-refractivity contribution < 1.29 is 14.7 Å². The number of nitrogens with zero attached hydrogens (tertiary/aromatic N) is 2. The third-order valence-corrected chi connectivity index (χ3v) is 4.65. The molecule has 1 aromatic carbocycles. The molecule has 5 rings (SSSR count). The van der Waals surface area contributed by atoms with E-state index in [9.17, 15) is 9.59 Å². The fraction of sp³-hybridized carbons (Fsp3) is 0.312. The molecule has 3 N–H and O–H groups in total. The molecular weight excluding hydrogens is 296 g/mol. The van der Waals surface area contributed by atoms with E-state index >= 15 is 0 Å². The molecule has 23 heavy (non-hydrogen) atoms. The van der Waals surface area contributed by atoms with Gasteiger partial charge in [0.05, 0.1) is 23.0 Å². The first-order valence-electron chi connectivity index (χ1n) is 7.43. The maximum atomic E-state index is 12.3. The summed E-state index contributed by atoms with van der Waals surface area (Å²) in [6, 6.07) is 9.57. The Hall–Kier alpha value is -2.83. The molecule has 2 aromatic rings. The van der Waals surface area contributed by atoms with Gasteiger partial charge in [-0.1, -0.05) is 18.2 Å². The van der Waals surface area contributed by atoms with E-state index in [4.69, 9.17) is 5.11 Å². The summed E-state index contributed by atoms with van der Waals surface area (Å²) in [5, 5.41) is 18.5. The van der Waals surface area contributed by atoms with Gasteiger partial charge in [0.2, 0.25) is 0 Å². The van der Waals surface area contributed by atoms with Crippen LogP contribution in [-0.4, -0.2) is 38.0 Å². The maximum absolute atomic E-state index is 12.3. The monoisotopic (exact) mass is 312 g/mol. The van der Waals surface area contributed by atoms with Gasteiger partial charge in [-0.3, -0.25) is 4.79 Å². The molecule has 0 radical (unpaired) electrons. The molecule has 3 fully saturated rings. The van der Waals surface area contributed by atoms with Gasteiger partial charge in [-0.25, -0.2) is 9.48 Å². The first-order valence-corrected chi connectivity index (χ1v) is 7.43. The van der Waals surface area contributed by atoms with Crippen molar-refractivity contribution in [2.45, 2.75) is 30.3 Å². The van der Waals surface area contributed by atoms with Crippen LogP contribution in [0.3, 0.4) is 0 Å². The summed E-state index contributed by atoms with van der Waals surface area (Å²) < 4.78 is 1.66. The molecule has 7 heteroatoms. The van der Waals surface area contributed by atoms with Crippen molar-refractivity contribution in [3.8, 4) is 5.69 Å². The number of aromatic nitrogens is 2. The molecule has 118 valence electrons. The topological polar surface area (TPSA) is 96.2 Å². The number of carbonyl (C=O) groups is 2. The normalized spacial score (nSPS) is 27.5. The fourth-order valence-electron chi connectivity index (χ4n) is 3.75. The molecule has 1 heterocycles. The van der Waals surface area contributed by atoms with Gasteiger partial charge in [0, 0.05) is 11.7 Å². The number of rotatable bonds is 4. The second kappa shape index (κ2) is 4.58. The van der Waals surface area contributed by atoms with E-state index in [2.05, 4.69) is 15.7 Å². The molecule has 0 atom stereocenters. The van der Waals surface area contributed by atoms with Crippen LogP contribution < -0.4 is 10.6 Å². The Morgan fingerprint density at radius 3 is 2.39 bits per heavy atom. The minimum atomic E-state index is -1.01. The third-order valence-electron chi connectivity index (χ3n) is 4.65. The highest BCUT2D eigenvalue weighted by Gasteiger charge is 2.69. The van der Waals surface area contributed by atoms with E-state index in [1.54, 1.807) is 17.1 Å². The van der Waals surface area contributed by atoms with Crippen LogP contribution in [0.2, 0.25) is 0 Å². The van der Waals surface area contributed by atoms with Gasteiger partial charge in [-0.05, 0) is 31.4 Å². The van der Waals surface area contributed by atoms with Crippen molar-refractivity contribution in [1.29, 1.82) is 0 Å². The second-order valence-corrected chi connectivity index (χ2v) is 6.48. The molecule has 0 spiro atoms. The number of amides is 2. The summed E-state index contributed by atoms with van der Waals surface area (Å²) in [5.74, 6) is -0.171. The van der Waals surface area contributed by atoms with Crippen LogP contribution in [0.25, 0.3) is 5.69 Å². The number of carbonyl (C=O) groups excluding carboxylic acids is 1. The SMILES string of the molecule is O=C(O)NC12CC(NC(=O)c3cnn(-c4ccccc4)c3)(C1)C2. The predicted octanol–water partition coefficient (Wildman–Crippen LogP) is 1.54. The zero-order valence-electron chi connectivity index (χ0n) is 12.3. The van der Waals surface area contributed by atoms with Crippen LogP contribution in [0.5, 0.6) is 0 Å². The van der Waals surface area contributed by atoms with Crippen LogP contribution >= 0.6 is 0 Å². The van der Waals surface area contributed by atoms with Crippen molar-refractivity contribution >= 4 is 12.0 Å². The Morgan fingerprint density at radius 2 is 1.74 bits per heavy atom. The van der Waals surface area contributed by atoms with Gasteiger partial charge < -0.3 is 15.7 Å². The van der Waals surface area contributed by atoms with Crippen molar-refractivity contribution in [3.63, 3.8) is 0 Å². The lowest BCUT2D eigenvalue weighted by atomic mass is 9.44. The predicted molar refractivity (Wildman–Crippen MR) is 81.5 cm³/mol. The van der Waals surface area contributed by atoms with Crippen LogP contribution in [0, 0.1) is 0 Å². The Labute approximate surface area is 132 Å². The standard InChI is InChI=1S/C16H16N4O3/c21-13(18-15-8-16(9-15,10-15)19-14(22)23)11-6-17-20(7-11)12-4-2-1-3-5-12/h1-7,19H,8-10H2,(H,18,21)(H,22,23). The summed E-state index contributed by atoms with van der Waals surface area (Å²) in [6.45, 7) is 0. The zero-order chi connectivity index (χ0) is 16.1. The van der Waals surface area contributed by atoms with E-state index in [-0.39, 0.29) is 17.0 Å². The van der Waals surface area contributed by atoms with E-state index in [0.29, 0.717) is 24.8 Å². The van der Waals surface area contributed by atoms with Gasteiger partial charge >= 0.3 is 6.09 Å². The average Bonchev–Trinajstić information content (AvgIpc) is 2.94. The van der Waals surface area contributed by atoms with Gasteiger partial charge in [0.15, 0.2) is 0 Å². The molecule has 2 bridgehead atoms. The summed E-state index contributed by atoms with van der Waals surface area (Å²) in [7, 11) is 0. The smallest absolute Gasteiger partial charge is 0.405 e. The summed E-state index contributed by atoms with van der Waals surface area (Å²) in [6.07, 6.45) is 4.20. The van der Waals surface area contributed by atoms with Crippen LogP contribution in [-0.2, 0) is 0 Å². The van der Waals surface area contributed by atoms with E-state index < -0.39 is 6.09 Å². The van der Waals surface area contributed by atoms with Crippen molar-refractivity contribution in [2.24, 2.45) is 0 Å². The minimum absolute atomic E-state index is 0.171. The zero-order valence-corrected chi connectivity index (χ0v) is 12.3. The van der Waals surface area contributed by atoms with Gasteiger partial charge in [0.25, 0.3) is 5.91 Å². The van der Waals surface area contributed by atoms with Crippen molar-refractivity contribution in [3.05, 3.63) is 48.3 Å². The third kappa shape index (κ3) is 2.25. The first-order chi connectivity index (χ1) is 11.0. The molecule has 3 saturated carbocycles. The largest absolute Gasteiger partial charge is 0.465 e. The van der Waals surface area contributed by atoms with E-state index in [0.717, 1.165) is 5.69 Å². The van der Waals surface area contributed by atoms with Gasteiger partial charge in [0.1, 0.15) is 0 Å². The van der Waals surface area contributed by atoms with E-state index in [1.165, 1.54) is 0 Å². The summed E-state index contributed by atoms with van der Waals surface area (Å²) in [5.41, 5.74) is 0.808. The Morgan fingerprint density at radius 1 is 1.09 bits per heavy atom. The van der Waals surface area contributed by atoms with Crippen molar-refractivity contribution in [2.75, 3.05) is 0 Å². The van der Waals surface area contributed by atoms with Crippen LogP contribution in [0.4, 0.5) is 4.79 Å². The van der Waals surface area contributed by atoms with Crippen LogP contribution in [0.1, 0.15) is 29.6 Å². The molecule has 2 amide bonds. The lowest BCUT2D eigenvalue weighted by Gasteiger charge is -2.69. The van der Waals surface area contributed by atoms with Gasteiger partial charge in [-0.2, -0.15) is 5.10 Å². The lowest BCUT2D eigenvalue weighted by Crippen LogP contribution is -2.83. The van der Waals surface area contributed by atoms with Crippen molar-refractivity contribution in [1.82, 2.24) is 20.4 Å². The number of benzene rings is 1. The summed E-state index contributed by atoms with van der Waals surface area (Å²) >= 11 is 0. The minimum Gasteiger partial charge on any atom is -0.465 e. The highest BCUT2D eigenvalue weighted by atomic mass is 16.4. The lowest BCUT2D eigenvalue weighted by molar-refractivity contribution is -0.0917. The molecule has 3 aliphatic carbocycles. The van der Waals surface area contributed by atoms with Crippen LogP contribution in [0.15, 0.2) is 42.7 Å². The quantitative estimate of drug-likeness (QED) is 0.798. The Bertz CT molecular complexity index is 764. The second-order valence-electron chi connectivity index (χ2n) is 6.48. The number of hydrogen-bond acceptors (Lipinski definition) is 3. The highest BCUT2D eigenvalue weighted by Crippen LogP contribution is 2.60.